The standard InChI is InChI=1S/C34H54O4/c1-22(2)11-10-12-23(3)26-15-19-33(9)28-13-14-29-31(6,7)30(38-25(5)36)17-18-32(29,8)27(28)16-20-34(26,33)21-37-24(4)35/h13,16,22-23,26,29-30H,10-12,14-15,17-21H2,1-9H3/t23?,26-,29+,30+,32-,33+,34+/m1/s1. The Balaban J connectivity index is 1.70. The topological polar surface area (TPSA) is 52.6 Å². The second kappa shape index (κ2) is 10.4. The maximum atomic E-state index is 12.1. The summed E-state index contributed by atoms with van der Waals surface area (Å²) in [4.78, 5) is 24.0. The summed E-state index contributed by atoms with van der Waals surface area (Å²) < 4.78 is 11.8. The molecule has 1 unspecified atom stereocenters. The van der Waals surface area contributed by atoms with E-state index in [0.29, 0.717) is 24.4 Å². The zero-order valence-electron chi connectivity index (χ0n) is 25.7. The maximum absolute atomic E-state index is 12.1. The van der Waals surface area contributed by atoms with Crippen molar-refractivity contribution >= 4 is 11.9 Å². The predicted molar refractivity (Wildman–Crippen MR) is 153 cm³/mol. The number of ether oxygens (including phenoxy) is 2. The molecule has 0 aromatic heterocycles. The van der Waals surface area contributed by atoms with Crippen LogP contribution in [0.1, 0.15) is 120 Å². The Bertz CT molecular complexity index is 988. The Labute approximate surface area is 232 Å². The fraction of sp³-hybridized carbons (Fsp3) is 0.824. The first-order valence-electron chi connectivity index (χ1n) is 15.4. The molecule has 0 aromatic rings. The highest BCUT2D eigenvalue weighted by atomic mass is 16.5. The van der Waals surface area contributed by atoms with Crippen molar-refractivity contribution in [1.29, 1.82) is 0 Å². The molecule has 4 heteroatoms. The molecule has 0 aliphatic heterocycles. The van der Waals surface area contributed by atoms with Crippen molar-refractivity contribution in [3.8, 4) is 0 Å². The fourth-order valence-corrected chi connectivity index (χ4v) is 9.72. The highest BCUT2D eigenvalue weighted by molar-refractivity contribution is 5.66. The first-order valence-corrected chi connectivity index (χ1v) is 15.4. The average molecular weight is 527 g/mol. The smallest absolute Gasteiger partial charge is 0.302 e. The van der Waals surface area contributed by atoms with Crippen LogP contribution in [0, 0.1) is 45.3 Å². The Morgan fingerprint density at radius 2 is 1.66 bits per heavy atom. The minimum Gasteiger partial charge on any atom is -0.465 e. The van der Waals surface area contributed by atoms with E-state index in [0.717, 1.165) is 38.0 Å². The van der Waals surface area contributed by atoms with Crippen LogP contribution in [0.15, 0.2) is 23.3 Å². The summed E-state index contributed by atoms with van der Waals surface area (Å²) in [6, 6.07) is 0. The Hall–Kier alpha value is -1.58. The van der Waals surface area contributed by atoms with Gasteiger partial charge in [-0.3, -0.25) is 9.59 Å². The highest BCUT2D eigenvalue weighted by Gasteiger charge is 2.65. The molecule has 2 fully saturated rings. The molecule has 4 aliphatic rings. The third-order valence-electron chi connectivity index (χ3n) is 11.9. The molecule has 0 heterocycles. The molecule has 0 N–H and O–H groups in total. The van der Waals surface area contributed by atoms with Crippen molar-refractivity contribution in [2.24, 2.45) is 45.3 Å². The van der Waals surface area contributed by atoms with Gasteiger partial charge in [0.1, 0.15) is 6.10 Å². The van der Waals surface area contributed by atoms with E-state index < -0.39 is 0 Å². The van der Waals surface area contributed by atoms with Crippen LogP contribution in [0.25, 0.3) is 0 Å². The van der Waals surface area contributed by atoms with E-state index in [1.54, 1.807) is 6.92 Å². The molecule has 0 amide bonds. The minimum atomic E-state index is -0.169. The normalized spacial score (nSPS) is 38.3. The van der Waals surface area contributed by atoms with E-state index in [1.807, 2.05) is 0 Å². The Morgan fingerprint density at radius 3 is 2.29 bits per heavy atom. The predicted octanol–water partition coefficient (Wildman–Crippen LogP) is 8.45. The molecule has 0 radical (unpaired) electrons. The number of allylic oxidation sites excluding steroid dienone is 4. The van der Waals surface area contributed by atoms with Crippen LogP contribution >= 0.6 is 0 Å². The van der Waals surface area contributed by atoms with E-state index >= 15 is 0 Å². The zero-order chi connectivity index (χ0) is 28.1. The van der Waals surface area contributed by atoms with Crippen LogP contribution in [0.4, 0.5) is 0 Å². The summed E-state index contributed by atoms with van der Waals surface area (Å²) in [6.07, 6.45) is 15.2. The van der Waals surface area contributed by atoms with Gasteiger partial charge < -0.3 is 9.47 Å². The quantitative estimate of drug-likeness (QED) is 0.298. The van der Waals surface area contributed by atoms with E-state index in [4.69, 9.17) is 9.47 Å². The summed E-state index contributed by atoms with van der Waals surface area (Å²) in [6.45, 7) is 20.3. The van der Waals surface area contributed by atoms with E-state index in [9.17, 15) is 9.59 Å². The van der Waals surface area contributed by atoms with Crippen molar-refractivity contribution in [2.45, 2.75) is 126 Å². The number of rotatable bonds is 8. The lowest BCUT2D eigenvalue weighted by molar-refractivity contribution is -0.165. The SMILES string of the molecule is CC(=O)OC[C@]12CC=C3C(=CC[C@H]4C(C)(C)[C@@H](OC(C)=O)CC[C@]34C)[C@]1(C)CC[C@@H]2C(C)CCCC(C)C. The second-order valence-electron chi connectivity index (χ2n) is 14.8. The average Bonchev–Trinajstić information content (AvgIpc) is 3.12. The largest absolute Gasteiger partial charge is 0.465 e. The maximum Gasteiger partial charge on any atom is 0.302 e. The second-order valence-corrected chi connectivity index (χ2v) is 14.8. The highest BCUT2D eigenvalue weighted by Crippen LogP contribution is 2.72. The number of carbonyl (C=O) groups is 2. The molecule has 0 bridgehead atoms. The first kappa shape index (κ1) is 29.4. The minimum absolute atomic E-state index is 0.00830. The van der Waals surface area contributed by atoms with Gasteiger partial charge in [0.05, 0.1) is 6.61 Å². The number of esters is 2. The zero-order valence-corrected chi connectivity index (χ0v) is 25.7. The molecular formula is C34H54O4. The Morgan fingerprint density at radius 1 is 0.947 bits per heavy atom. The molecule has 4 rings (SSSR count). The number of hydrogen-bond donors (Lipinski definition) is 0. The van der Waals surface area contributed by atoms with Crippen molar-refractivity contribution in [2.75, 3.05) is 6.61 Å². The van der Waals surface area contributed by atoms with Crippen LogP contribution in [0.2, 0.25) is 0 Å². The summed E-state index contributed by atoms with van der Waals surface area (Å²) in [5.41, 5.74) is 3.03. The molecule has 4 nitrogen and oxygen atoms in total. The number of fused-ring (bicyclic) bond motifs is 5. The van der Waals surface area contributed by atoms with Gasteiger partial charge in [0.2, 0.25) is 0 Å². The van der Waals surface area contributed by atoms with Gasteiger partial charge >= 0.3 is 11.9 Å². The van der Waals surface area contributed by atoms with Gasteiger partial charge in [-0.1, -0.05) is 79.9 Å². The van der Waals surface area contributed by atoms with Gasteiger partial charge in [-0.05, 0) is 78.8 Å². The summed E-state index contributed by atoms with van der Waals surface area (Å²) in [7, 11) is 0. The molecule has 0 spiro atoms. The lowest BCUT2D eigenvalue weighted by Crippen LogP contribution is -2.56. The van der Waals surface area contributed by atoms with Crippen LogP contribution < -0.4 is 0 Å². The number of carbonyl (C=O) groups excluding carboxylic acids is 2. The molecular weight excluding hydrogens is 472 g/mol. The summed E-state index contributed by atoms with van der Waals surface area (Å²) in [5.74, 6) is 2.01. The van der Waals surface area contributed by atoms with Crippen LogP contribution in [-0.4, -0.2) is 24.6 Å². The van der Waals surface area contributed by atoms with E-state index in [-0.39, 0.29) is 39.7 Å². The molecule has 0 aromatic carbocycles. The van der Waals surface area contributed by atoms with Gasteiger partial charge in [-0.25, -0.2) is 0 Å². The lowest BCUT2D eigenvalue weighted by Gasteiger charge is -2.61. The fourth-order valence-electron chi connectivity index (χ4n) is 9.72. The van der Waals surface area contributed by atoms with Crippen LogP contribution in [0.3, 0.4) is 0 Å². The summed E-state index contributed by atoms with van der Waals surface area (Å²) in [5, 5.41) is 0. The van der Waals surface area contributed by atoms with Gasteiger partial charge in [0.15, 0.2) is 0 Å². The molecule has 4 aliphatic carbocycles. The van der Waals surface area contributed by atoms with Crippen LogP contribution in [0.5, 0.6) is 0 Å². The van der Waals surface area contributed by atoms with Crippen molar-refractivity contribution < 1.29 is 19.1 Å². The molecule has 2 saturated carbocycles. The van der Waals surface area contributed by atoms with Crippen LogP contribution in [-0.2, 0) is 19.1 Å². The van der Waals surface area contributed by atoms with Crippen molar-refractivity contribution in [3.63, 3.8) is 0 Å². The molecule has 38 heavy (non-hydrogen) atoms. The number of hydrogen-bond acceptors (Lipinski definition) is 4. The van der Waals surface area contributed by atoms with Gasteiger partial charge in [-0.15, -0.1) is 0 Å². The van der Waals surface area contributed by atoms with Crippen molar-refractivity contribution in [1.82, 2.24) is 0 Å². The summed E-state index contributed by atoms with van der Waals surface area (Å²) >= 11 is 0. The monoisotopic (exact) mass is 526 g/mol. The molecule has 0 saturated heterocycles. The third kappa shape index (κ3) is 4.70. The van der Waals surface area contributed by atoms with Gasteiger partial charge in [-0.2, -0.15) is 0 Å². The van der Waals surface area contributed by atoms with Gasteiger partial charge in [0, 0.05) is 30.1 Å². The first-order chi connectivity index (χ1) is 17.7. The third-order valence-corrected chi connectivity index (χ3v) is 11.9. The molecule has 214 valence electrons. The lowest BCUT2D eigenvalue weighted by atomic mass is 9.44. The molecule has 7 atom stereocenters. The van der Waals surface area contributed by atoms with Gasteiger partial charge in [0.25, 0.3) is 0 Å². The van der Waals surface area contributed by atoms with E-state index in [2.05, 4.69) is 60.6 Å². The van der Waals surface area contributed by atoms with Crippen molar-refractivity contribution in [3.05, 3.63) is 23.3 Å². The van der Waals surface area contributed by atoms with E-state index in [1.165, 1.54) is 43.8 Å². The Kier molecular flexibility index (Phi) is 8.07.